The van der Waals surface area contributed by atoms with E-state index in [0.717, 1.165) is 0 Å². The summed E-state index contributed by atoms with van der Waals surface area (Å²) < 4.78 is 0. The van der Waals surface area contributed by atoms with Crippen LogP contribution in [0, 0.1) is 5.92 Å². The van der Waals surface area contributed by atoms with Gasteiger partial charge in [0, 0.05) is 0 Å². The highest BCUT2D eigenvalue weighted by molar-refractivity contribution is 5.71. The van der Waals surface area contributed by atoms with E-state index in [0.29, 0.717) is 0 Å². The monoisotopic (exact) mass is 162 g/mol. The van der Waals surface area contributed by atoms with Crippen molar-refractivity contribution in [2.45, 2.75) is 24.7 Å². The number of carboxylic acids is 1. The molecule has 0 aliphatic heterocycles. The first-order chi connectivity index (χ1) is 5.04. The van der Waals surface area contributed by atoms with E-state index < -0.39 is 30.2 Å². The van der Waals surface area contributed by atoms with Gasteiger partial charge in [-0.15, -0.1) is 0 Å². The van der Waals surface area contributed by atoms with Gasteiger partial charge in [0.05, 0.1) is 18.1 Å². The van der Waals surface area contributed by atoms with Gasteiger partial charge in [-0.1, -0.05) is 0 Å². The lowest BCUT2D eigenvalue weighted by atomic mass is 10.1. The van der Waals surface area contributed by atoms with Gasteiger partial charge in [0.25, 0.3) is 0 Å². The second-order valence-electron chi connectivity index (χ2n) is 2.73. The van der Waals surface area contributed by atoms with Crippen LogP contribution in [0.25, 0.3) is 0 Å². The normalized spacial score (nSPS) is 44.3. The Kier molecular flexibility index (Phi) is 2.12. The summed E-state index contributed by atoms with van der Waals surface area (Å²) in [7, 11) is 0. The number of rotatable bonds is 1. The van der Waals surface area contributed by atoms with Crippen LogP contribution in [0.2, 0.25) is 0 Å². The molecule has 1 aliphatic rings. The minimum atomic E-state index is -1.34. The minimum absolute atomic E-state index is 0.0856. The molecule has 1 rings (SSSR count). The summed E-state index contributed by atoms with van der Waals surface area (Å²) >= 11 is 0. The summed E-state index contributed by atoms with van der Waals surface area (Å²) in [6.07, 6.45) is -3.87. The number of hydrogen-bond acceptors (Lipinski definition) is 4. The zero-order valence-corrected chi connectivity index (χ0v) is 5.71. The van der Waals surface area contributed by atoms with Crippen LogP contribution in [0.15, 0.2) is 0 Å². The molecule has 0 saturated heterocycles. The molecule has 5 nitrogen and oxygen atoms in total. The van der Waals surface area contributed by atoms with Gasteiger partial charge in [0.2, 0.25) is 0 Å². The second-order valence-corrected chi connectivity index (χ2v) is 2.73. The molecular weight excluding hydrogens is 152 g/mol. The lowest BCUT2D eigenvalue weighted by Gasteiger charge is -2.11. The Labute approximate surface area is 62.9 Å². The van der Waals surface area contributed by atoms with Crippen LogP contribution >= 0.6 is 0 Å². The molecule has 11 heavy (non-hydrogen) atoms. The van der Waals surface area contributed by atoms with Crippen LogP contribution in [0.5, 0.6) is 0 Å². The molecule has 0 bridgehead atoms. The Hall–Kier alpha value is -0.650. The van der Waals surface area contributed by atoms with Crippen molar-refractivity contribution >= 4 is 5.97 Å². The molecule has 0 amide bonds. The van der Waals surface area contributed by atoms with Crippen LogP contribution in [0.1, 0.15) is 6.42 Å². The third-order valence-corrected chi connectivity index (χ3v) is 1.97. The van der Waals surface area contributed by atoms with E-state index in [1.54, 1.807) is 0 Å². The fourth-order valence-corrected chi connectivity index (χ4v) is 1.25. The number of aliphatic hydroxyl groups is 3. The fourth-order valence-electron chi connectivity index (χ4n) is 1.25. The molecule has 1 fully saturated rings. The van der Waals surface area contributed by atoms with E-state index in [2.05, 4.69) is 0 Å². The topological polar surface area (TPSA) is 98.0 Å². The van der Waals surface area contributed by atoms with Gasteiger partial charge in [-0.2, -0.15) is 0 Å². The molecule has 1 aliphatic carbocycles. The van der Waals surface area contributed by atoms with Gasteiger partial charge >= 0.3 is 5.97 Å². The molecule has 4 atom stereocenters. The van der Waals surface area contributed by atoms with Crippen molar-refractivity contribution in [2.24, 2.45) is 5.92 Å². The Morgan fingerprint density at radius 3 is 1.91 bits per heavy atom. The van der Waals surface area contributed by atoms with Gasteiger partial charge in [-0.3, -0.25) is 4.79 Å². The average Bonchev–Trinajstić information content (AvgIpc) is 2.17. The molecule has 4 N–H and O–H groups in total. The summed E-state index contributed by atoms with van der Waals surface area (Å²) in [5.74, 6) is -2.23. The van der Waals surface area contributed by atoms with E-state index >= 15 is 0 Å². The number of carbonyl (C=O) groups is 1. The Morgan fingerprint density at radius 1 is 1.18 bits per heavy atom. The van der Waals surface area contributed by atoms with E-state index in [1.165, 1.54) is 0 Å². The number of carboxylic acid groups (broad SMARTS) is 1. The van der Waals surface area contributed by atoms with Gasteiger partial charge in [0.1, 0.15) is 6.10 Å². The first-order valence-corrected chi connectivity index (χ1v) is 3.31. The van der Waals surface area contributed by atoms with Crippen molar-refractivity contribution in [2.75, 3.05) is 0 Å². The predicted molar refractivity (Wildman–Crippen MR) is 33.8 cm³/mol. The second kappa shape index (κ2) is 2.77. The first-order valence-electron chi connectivity index (χ1n) is 3.31. The Balaban J connectivity index is 2.67. The Morgan fingerprint density at radius 2 is 1.73 bits per heavy atom. The standard InChI is InChI=1S/C6H10O5/c7-3-1-2(6(10)11)4(8)5(3)9/h2-5,7-9H,1H2,(H,10,11)/t2-,3-,4-,5-/m1/s1. The van der Waals surface area contributed by atoms with Crippen LogP contribution in [-0.4, -0.2) is 44.7 Å². The SMILES string of the molecule is O=C(O)[C@@H]1C[C@@H](O)[C@@H](O)[C@@H]1O. The molecule has 0 unspecified atom stereocenters. The smallest absolute Gasteiger partial charge is 0.309 e. The quantitative estimate of drug-likeness (QED) is 0.363. The molecule has 0 heterocycles. The van der Waals surface area contributed by atoms with Crippen LogP contribution in [0.4, 0.5) is 0 Å². The lowest BCUT2D eigenvalue weighted by Crippen LogP contribution is -2.32. The first kappa shape index (κ1) is 8.45. The van der Waals surface area contributed by atoms with E-state index in [-0.39, 0.29) is 6.42 Å². The van der Waals surface area contributed by atoms with Crippen molar-refractivity contribution in [1.29, 1.82) is 0 Å². The van der Waals surface area contributed by atoms with Gasteiger partial charge in [-0.05, 0) is 6.42 Å². The van der Waals surface area contributed by atoms with Crippen molar-refractivity contribution in [3.8, 4) is 0 Å². The van der Waals surface area contributed by atoms with Crippen molar-refractivity contribution in [3.05, 3.63) is 0 Å². The molecule has 0 spiro atoms. The van der Waals surface area contributed by atoms with E-state index in [9.17, 15) is 4.79 Å². The van der Waals surface area contributed by atoms with Gasteiger partial charge in [0.15, 0.2) is 0 Å². The molecule has 0 radical (unpaired) electrons. The summed E-state index contributed by atoms with van der Waals surface area (Å²) in [6, 6.07) is 0. The molecule has 0 aromatic carbocycles. The molecule has 64 valence electrons. The zero-order valence-electron chi connectivity index (χ0n) is 5.71. The van der Waals surface area contributed by atoms with Crippen LogP contribution in [-0.2, 0) is 4.79 Å². The highest BCUT2D eigenvalue weighted by atomic mass is 16.4. The molecule has 1 saturated carbocycles. The highest BCUT2D eigenvalue weighted by Gasteiger charge is 2.44. The zero-order chi connectivity index (χ0) is 8.59. The minimum Gasteiger partial charge on any atom is -0.481 e. The van der Waals surface area contributed by atoms with Crippen molar-refractivity contribution < 1.29 is 25.2 Å². The summed E-state index contributed by atoms with van der Waals surface area (Å²) in [5.41, 5.74) is 0. The van der Waals surface area contributed by atoms with Crippen molar-refractivity contribution in [1.82, 2.24) is 0 Å². The number of aliphatic hydroxyl groups excluding tert-OH is 3. The van der Waals surface area contributed by atoms with Crippen LogP contribution < -0.4 is 0 Å². The number of hydrogen-bond donors (Lipinski definition) is 4. The summed E-state index contributed by atoms with van der Waals surface area (Å²) in [5, 5.41) is 35.3. The highest BCUT2D eigenvalue weighted by Crippen LogP contribution is 2.26. The fraction of sp³-hybridized carbons (Fsp3) is 0.833. The summed E-state index contributed by atoms with van der Waals surface area (Å²) in [4.78, 5) is 10.3. The molecule has 5 heteroatoms. The molecule has 0 aromatic heterocycles. The summed E-state index contributed by atoms with van der Waals surface area (Å²) in [6.45, 7) is 0. The van der Waals surface area contributed by atoms with E-state index in [1.807, 2.05) is 0 Å². The van der Waals surface area contributed by atoms with Gasteiger partial charge in [-0.25, -0.2) is 0 Å². The Bertz CT molecular complexity index is 168. The third kappa shape index (κ3) is 1.35. The maximum Gasteiger partial charge on any atom is 0.309 e. The maximum atomic E-state index is 10.3. The number of aliphatic carboxylic acids is 1. The van der Waals surface area contributed by atoms with Gasteiger partial charge < -0.3 is 20.4 Å². The van der Waals surface area contributed by atoms with Crippen molar-refractivity contribution in [3.63, 3.8) is 0 Å². The predicted octanol–water partition coefficient (Wildman–Crippen LogP) is -1.83. The average molecular weight is 162 g/mol. The third-order valence-electron chi connectivity index (χ3n) is 1.97. The van der Waals surface area contributed by atoms with E-state index in [4.69, 9.17) is 20.4 Å². The molecular formula is C6H10O5. The molecule has 0 aromatic rings. The maximum absolute atomic E-state index is 10.3. The largest absolute Gasteiger partial charge is 0.481 e. The van der Waals surface area contributed by atoms with Crippen LogP contribution in [0.3, 0.4) is 0 Å². The lowest BCUT2D eigenvalue weighted by molar-refractivity contribution is -0.145.